The van der Waals surface area contributed by atoms with Crippen LogP contribution in [-0.2, 0) is 26.2 Å². The van der Waals surface area contributed by atoms with E-state index in [9.17, 15) is 18.0 Å². The fourth-order valence-corrected chi connectivity index (χ4v) is 4.61. The number of hydrogen-bond acceptors (Lipinski definition) is 4. The predicted octanol–water partition coefficient (Wildman–Crippen LogP) is 4.44. The molecule has 0 unspecified atom stereocenters. The first-order valence-electron chi connectivity index (χ1n) is 11.8. The summed E-state index contributed by atoms with van der Waals surface area (Å²) in [7, 11) is -3.76. The summed E-state index contributed by atoms with van der Waals surface area (Å²) in [5.74, 6) is -0.726. The van der Waals surface area contributed by atoms with Gasteiger partial charge in [-0.2, -0.15) is 0 Å². The van der Waals surface area contributed by atoms with E-state index < -0.39 is 28.5 Å². The molecule has 0 aliphatic heterocycles. The van der Waals surface area contributed by atoms with E-state index in [4.69, 9.17) is 11.6 Å². The average molecular weight is 522 g/mol. The van der Waals surface area contributed by atoms with Crippen LogP contribution in [0.3, 0.4) is 0 Å². The second-order valence-electron chi connectivity index (χ2n) is 8.93. The quantitative estimate of drug-likeness (QED) is 0.473. The van der Waals surface area contributed by atoms with E-state index in [0.29, 0.717) is 17.1 Å². The van der Waals surface area contributed by atoms with Crippen molar-refractivity contribution in [2.75, 3.05) is 17.1 Å². The Labute approximate surface area is 214 Å². The summed E-state index contributed by atoms with van der Waals surface area (Å²) in [4.78, 5) is 28.2. The van der Waals surface area contributed by atoms with Gasteiger partial charge in [-0.1, -0.05) is 43.6 Å². The van der Waals surface area contributed by atoms with E-state index in [1.165, 1.54) is 4.90 Å². The zero-order valence-corrected chi connectivity index (χ0v) is 22.9. The fourth-order valence-electron chi connectivity index (χ4n) is 3.64. The number of nitrogens with one attached hydrogen (secondary N) is 1. The highest BCUT2D eigenvalue weighted by Gasteiger charge is 2.32. The standard InChI is InChI=1S/C26H36ClN3O4S/c1-7-20(5)28-26(32)24(8-2)29(16-21-10-12-22(27)13-11-21)25(31)17-30(35(6,33)34)23-14-9-18(3)19(4)15-23/h9-15,20,24H,7-8,16-17H2,1-6H3,(H,28,32)/t20-,24-/m0/s1. The van der Waals surface area contributed by atoms with Gasteiger partial charge in [-0.3, -0.25) is 13.9 Å². The van der Waals surface area contributed by atoms with Crippen molar-refractivity contribution in [3.05, 3.63) is 64.2 Å². The third kappa shape index (κ3) is 7.97. The molecule has 9 heteroatoms. The van der Waals surface area contributed by atoms with Crippen molar-refractivity contribution in [3.8, 4) is 0 Å². The first-order valence-corrected chi connectivity index (χ1v) is 14.0. The molecular formula is C26H36ClN3O4S. The molecule has 192 valence electrons. The highest BCUT2D eigenvalue weighted by molar-refractivity contribution is 7.92. The van der Waals surface area contributed by atoms with E-state index >= 15 is 0 Å². The highest BCUT2D eigenvalue weighted by atomic mass is 35.5. The number of hydrogen-bond donors (Lipinski definition) is 1. The lowest BCUT2D eigenvalue weighted by atomic mass is 10.1. The van der Waals surface area contributed by atoms with Gasteiger partial charge in [-0.25, -0.2) is 8.42 Å². The molecule has 0 heterocycles. The molecule has 0 aliphatic rings. The second-order valence-corrected chi connectivity index (χ2v) is 11.3. The van der Waals surface area contributed by atoms with Crippen molar-refractivity contribution < 1.29 is 18.0 Å². The Balaban J connectivity index is 2.45. The van der Waals surface area contributed by atoms with E-state index in [1.54, 1.807) is 36.4 Å². The number of carbonyl (C=O) groups excluding carboxylic acids is 2. The first-order chi connectivity index (χ1) is 16.4. The molecule has 2 rings (SSSR count). The lowest BCUT2D eigenvalue weighted by molar-refractivity contribution is -0.140. The normalized spacial score (nSPS) is 13.1. The van der Waals surface area contributed by atoms with Gasteiger partial charge >= 0.3 is 0 Å². The number of rotatable bonds is 11. The minimum atomic E-state index is -3.76. The summed E-state index contributed by atoms with van der Waals surface area (Å²) >= 11 is 6.02. The summed E-state index contributed by atoms with van der Waals surface area (Å²) in [5, 5.41) is 3.52. The van der Waals surface area contributed by atoms with E-state index in [-0.39, 0.29) is 18.5 Å². The maximum Gasteiger partial charge on any atom is 0.244 e. The first kappa shape index (κ1) is 28.7. The Hall–Kier alpha value is -2.58. The number of aryl methyl sites for hydroxylation is 2. The zero-order valence-electron chi connectivity index (χ0n) is 21.3. The van der Waals surface area contributed by atoms with Gasteiger partial charge in [0.15, 0.2) is 0 Å². The fraction of sp³-hybridized carbons (Fsp3) is 0.462. The lowest BCUT2D eigenvalue weighted by Crippen LogP contribution is -2.53. The van der Waals surface area contributed by atoms with E-state index in [1.807, 2.05) is 40.7 Å². The van der Waals surface area contributed by atoms with Gasteiger partial charge in [0.25, 0.3) is 0 Å². The smallest absolute Gasteiger partial charge is 0.244 e. The van der Waals surface area contributed by atoms with Gasteiger partial charge in [-0.15, -0.1) is 0 Å². The maximum absolute atomic E-state index is 13.7. The van der Waals surface area contributed by atoms with Crippen LogP contribution in [0.2, 0.25) is 5.02 Å². The van der Waals surface area contributed by atoms with Crippen molar-refractivity contribution >= 4 is 39.1 Å². The Morgan fingerprint density at radius 1 is 1.00 bits per heavy atom. The van der Waals surface area contributed by atoms with Crippen LogP contribution < -0.4 is 9.62 Å². The minimum absolute atomic E-state index is 0.0490. The van der Waals surface area contributed by atoms with Gasteiger partial charge in [0.2, 0.25) is 21.8 Å². The largest absolute Gasteiger partial charge is 0.352 e. The van der Waals surface area contributed by atoms with Crippen LogP contribution in [-0.4, -0.2) is 50.0 Å². The minimum Gasteiger partial charge on any atom is -0.352 e. The van der Waals surface area contributed by atoms with Crippen molar-refractivity contribution in [2.45, 2.75) is 66.1 Å². The Kier molecular flexibility index (Phi) is 10.2. The molecule has 1 N–H and O–H groups in total. The van der Waals surface area contributed by atoms with Gasteiger partial charge in [0.1, 0.15) is 12.6 Å². The monoisotopic (exact) mass is 521 g/mol. The van der Waals surface area contributed by atoms with Crippen molar-refractivity contribution in [1.29, 1.82) is 0 Å². The molecule has 7 nitrogen and oxygen atoms in total. The maximum atomic E-state index is 13.7. The van der Waals surface area contributed by atoms with Crippen LogP contribution in [0.25, 0.3) is 0 Å². The second kappa shape index (κ2) is 12.4. The van der Waals surface area contributed by atoms with Gasteiger partial charge < -0.3 is 10.2 Å². The van der Waals surface area contributed by atoms with E-state index in [2.05, 4.69) is 5.32 Å². The van der Waals surface area contributed by atoms with Crippen molar-refractivity contribution in [1.82, 2.24) is 10.2 Å². The number of anilines is 1. The number of carbonyl (C=O) groups is 2. The summed E-state index contributed by atoms with van der Waals surface area (Å²) in [6, 6.07) is 11.5. The lowest BCUT2D eigenvalue weighted by Gasteiger charge is -2.33. The molecule has 2 amide bonds. The third-order valence-electron chi connectivity index (χ3n) is 6.11. The van der Waals surface area contributed by atoms with Crippen LogP contribution in [0.5, 0.6) is 0 Å². The van der Waals surface area contributed by atoms with Gasteiger partial charge in [0, 0.05) is 17.6 Å². The molecule has 0 radical (unpaired) electrons. The molecular weight excluding hydrogens is 486 g/mol. The van der Waals surface area contributed by atoms with Crippen molar-refractivity contribution in [2.24, 2.45) is 0 Å². The zero-order chi connectivity index (χ0) is 26.3. The molecule has 0 bridgehead atoms. The molecule has 0 aromatic heterocycles. The van der Waals surface area contributed by atoms with E-state index in [0.717, 1.165) is 33.7 Å². The third-order valence-corrected chi connectivity index (χ3v) is 7.50. The highest BCUT2D eigenvalue weighted by Crippen LogP contribution is 2.23. The number of sulfonamides is 1. The Morgan fingerprint density at radius 3 is 2.14 bits per heavy atom. The molecule has 35 heavy (non-hydrogen) atoms. The molecule has 2 atom stereocenters. The molecule has 2 aromatic rings. The molecule has 0 fully saturated rings. The van der Waals surface area contributed by atoms with Crippen LogP contribution in [0.4, 0.5) is 5.69 Å². The molecule has 0 spiro atoms. The summed E-state index contributed by atoms with van der Waals surface area (Å²) in [6.45, 7) is 9.26. The van der Waals surface area contributed by atoms with Crippen LogP contribution >= 0.6 is 11.6 Å². The number of amides is 2. The Morgan fingerprint density at radius 2 is 1.63 bits per heavy atom. The topological polar surface area (TPSA) is 86.8 Å². The number of benzene rings is 2. The average Bonchev–Trinajstić information content (AvgIpc) is 2.79. The SMILES string of the molecule is CC[C@H](C)NC(=O)[C@H](CC)N(Cc1ccc(Cl)cc1)C(=O)CN(c1ccc(C)c(C)c1)S(C)(=O)=O. The number of halogens is 1. The molecule has 0 saturated heterocycles. The van der Waals surface area contributed by atoms with Gasteiger partial charge in [0.05, 0.1) is 11.9 Å². The van der Waals surface area contributed by atoms with Crippen LogP contribution in [0, 0.1) is 13.8 Å². The van der Waals surface area contributed by atoms with Gasteiger partial charge in [-0.05, 0) is 74.6 Å². The summed E-state index contributed by atoms with van der Waals surface area (Å²) in [5.41, 5.74) is 3.13. The predicted molar refractivity (Wildman–Crippen MR) is 142 cm³/mol. The number of nitrogens with zero attached hydrogens (tertiary/aromatic N) is 2. The van der Waals surface area contributed by atoms with Crippen LogP contribution in [0.1, 0.15) is 50.3 Å². The van der Waals surface area contributed by atoms with Crippen LogP contribution in [0.15, 0.2) is 42.5 Å². The summed E-state index contributed by atoms with van der Waals surface area (Å²) in [6.07, 6.45) is 2.21. The molecule has 0 saturated carbocycles. The summed E-state index contributed by atoms with van der Waals surface area (Å²) < 4.78 is 26.5. The van der Waals surface area contributed by atoms with Crippen molar-refractivity contribution in [3.63, 3.8) is 0 Å². The Bertz CT molecular complexity index is 1140. The molecule has 0 aliphatic carbocycles. The molecule has 2 aromatic carbocycles.